The van der Waals surface area contributed by atoms with Gasteiger partial charge in [0.1, 0.15) is 11.5 Å². The van der Waals surface area contributed by atoms with Crippen molar-refractivity contribution in [2.24, 2.45) is 5.41 Å². The fourth-order valence-corrected chi connectivity index (χ4v) is 5.50. The number of piperidine rings is 1. The van der Waals surface area contributed by atoms with Crippen LogP contribution in [-0.4, -0.2) is 67.2 Å². The topological polar surface area (TPSA) is 127 Å². The normalized spacial score (nSPS) is 21.9. The number of carbonyl (C=O) groups is 2. The van der Waals surface area contributed by atoms with Crippen molar-refractivity contribution in [1.29, 1.82) is 0 Å². The SMILES string of the molecule is COC(=O)C1(C)CN(C(=O)C2CCCCN2S(=O)(=O)c2ccc([N+](=O)[O-])cc2)C1. The predicted molar refractivity (Wildman–Crippen MR) is 101 cm³/mol. The van der Waals surface area contributed by atoms with E-state index in [4.69, 9.17) is 4.74 Å². The van der Waals surface area contributed by atoms with E-state index in [1.165, 1.54) is 28.4 Å². The predicted octanol–water partition coefficient (Wildman–Crippen LogP) is 1.16. The van der Waals surface area contributed by atoms with Gasteiger partial charge in [-0.1, -0.05) is 6.42 Å². The summed E-state index contributed by atoms with van der Waals surface area (Å²) in [7, 11) is -2.71. The zero-order chi connectivity index (χ0) is 21.4. The van der Waals surface area contributed by atoms with Crippen LogP contribution >= 0.6 is 0 Å². The molecule has 0 saturated carbocycles. The fourth-order valence-electron chi connectivity index (χ4n) is 3.85. The second kappa shape index (κ2) is 7.71. The molecule has 0 aliphatic carbocycles. The molecule has 0 radical (unpaired) electrons. The van der Waals surface area contributed by atoms with Crippen molar-refractivity contribution < 1.29 is 27.7 Å². The molecule has 158 valence electrons. The molecule has 2 heterocycles. The second-order valence-corrected chi connectivity index (χ2v) is 9.52. The van der Waals surface area contributed by atoms with E-state index in [1.807, 2.05) is 0 Å². The van der Waals surface area contributed by atoms with E-state index in [9.17, 15) is 28.1 Å². The number of rotatable bonds is 5. The molecule has 2 aliphatic heterocycles. The highest BCUT2D eigenvalue weighted by Crippen LogP contribution is 2.34. The fraction of sp³-hybridized carbons (Fsp3) is 0.556. The highest BCUT2D eigenvalue weighted by Gasteiger charge is 2.51. The van der Waals surface area contributed by atoms with Gasteiger partial charge < -0.3 is 9.64 Å². The van der Waals surface area contributed by atoms with Crippen LogP contribution in [0.4, 0.5) is 5.69 Å². The zero-order valence-corrected chi connectivity index (χ0v) is 17.1. The van der Waals surface area contributed by atoms with Crippen molar-refractivity contribution in [3.63, 3.8) is 0 Å². The Morgan fingerprint density at radius 3 is 2.38 bits per heavy atom. The summed E-state index contributed by atoms with van der Waals surface area (Å²) < 4.78 is 32.1. The molecule has 29 heavy (non-hydrogen) atoms. The number of nitro groups is 1. The Hall–Kier alpha value is -2.53. The molecule has 0 bridgehead atoms. The van der Waals surface area contributed by atoms with Gasteiger partial charge >= 0.3 is 5.97 Å². The number of likely N-dealkylation sites (tertiary alicyclic amines) is 1. The molecule has 1 aromatic carbocycles. The van der Waals surface area contributed by atoms with Gasteiger partial charge in [-0.3, -0.25) is 19.7 Å². The van der Waals surface area contributed by atoms with Crippen LogP contribution in [-0.2, 0) is 24.3 Å². The average molecular weight is 425 g/mol. The number of ether oxygens (including phenoxy) is 1. The Morgan fingerprint density at radius 2 is 1.83 bits per heavy atom. The maximum atomic E-state index is 13.1. The monoisotopic (exact) mass is 425 g/mol. The number of methoxy groups -OCH3 is 1. The highest BCUT2D eigenvalue weighted by atomic mass is 32.2. The van der Waals surface area contributed by atoms with Crippen LogP contribution in [0.25, 0.3) is 0 Å². The molecule has 11 heteroatoms. The Morgan fingerprint density at radius 1 is 1.21 bits per heavy atom. The van der Waals surface area contributed by atoms with Gasteiger partial charge in [-0.2, -0.15) is 4.31 Å². The van der Waals surface area contributed by atoms with Gasteiger partial charge in [0, 0.05) is 31.8 Å². The van der Waals surface area contributed by atoms with Gasteiger partial charge in [-0.05, 0) is 31.9 Å². The molecule has 1 amide bonds. The van der Waals surface area contributed by atoms with Gasteiger partial charge in [0.15, 0.2) is 0 Å². The van der Waals surface area contributed by atoms with Crippen LogP contribution < -0.4 is 0 Å². The zero-order valence-electron chi connectivity index (χ0n) is 16.2. The Labute approximate surface area is 168 Å². The molecule has 3 rings (SSSR count). The van der Waals surface area contributed by atoms with Gasteiger partial charge in [0.05, 0.1) is 16.9 Å². The Balaban J connectivity index is 1.80. The molecular formula is C18H23N3O7S. The van der Waals surface area contributed by atoms with Gasteiger partial charge in [0.25, 0.3) is 5.69 Å². The molecule has 0 N–H and O–H groups in total. The quantitative estimate of drug-likeness (QED) is 0.393. The summed E-state index contributed by atoms with van der Waals surface area (Å²) in [5.41, 5.74) is -0.987. The van der Waals surface area contributed by atoms with Crippen molar-refractivity contribution in [1.82, 2.24) is 9.21 Å². The van der Waals surface area contributed by atoms with E-state index in [2.05, 4.69) is 0 Å². The van der Waals surface area contributed by atoms with Crippen LogP contribution in [0.2, 0.25) is 0 Å². The summed E-state index contributed by atoms with van der Waals surface area (Å²) in [6, 6.07) is 3.77. The van der Waals surface area contributed by atoms with E-state index in [-0.39, 0.29) is 36.1 Å². The number of esters is 1. The molecule has 1 unspecified atom stereocenters. The number of nitro benzene ring substituents is 1. The molecular weight excluding hydrogens is 402 g/mol. The lowest BCUT2D eigenvalue weighted by Gasteiger charge is -2.48. The smallest absolute Gasteiger partial charge is 0.315 e. The molecule has 10 nitrogen and oxygen atoms in total. The van der Waals surface area contributed by atoms with Gasteiger partial charge in [-0.25, -0.2) is 8.42 Å². The number of hydrogen-bond donors (Lipinski definition) is 0. The number of benzene rings is 1. The number of amides is 1. The molecule has 0 spiro atoms. The van der Waals surface area contributed by atoms with Crippen molar-refractivity contribution in [2.75, 3.05) is 26.7 Å². The summed E-state index contributed by atoms with van der Waals surface area (Å²) in [6.07, 6.45) is 1.72. The number of hydrogen-bond acceptors (Lipinski definition) is 7. The average Bonchev–Trinajstić information content (AvgIpc) is 2.70. The first kappa shape index (κ1) is 21.2. The number of non-ortho nitro benzene ring substituents is 1. The van der Waals surface area contributed by atoms with E-state index in [1.54, 1.807) is 6.92 Å². The first-order valence-corrected chi connectivity index (χ1v) is 10.7. The van der Waals surface area contributed by atoms with Crippen LogP contribution in [0.15, 0.2) is 29.2 Å². The number of carbonyl (C=O) groups excluding carboxylic acids is 2. The molecule has 2 saturated heterocycles. The second-order valence-electron chi connectivity index (χ2n) is 7.62. The molecule has 0 aromatic heterocycles. The lowest BCUT2D eigenvalue weighted by Crippen LogP contribution is -2.65. The molecule has 1 atom stereocenters. The number of sulfonamides is 1. The summed E-state index contributed by atoms with van der Waals surface area (Å²) in [4.78, 5) is 36.4. The van der Waals surface area contributed by atoms with Crippen molar-refractivity contribution in [2.45, 2.75) is 37.1 Å². The van der Waals surface area contributed by atoms with E-state index in [0.717, 1.165) is 12.1 Å². The number of nitrogens with zero attached hydrogens (tertiary/aromatic N) is 3. The standard InChI is InChI=1S/C18H23N3O7S/c1-18(17(23)28-2)11-19(12-18)16(22)15-5-3-4-10-20(15)29(26,27)14-8-6-13(7-9-14)21(24)25/h6-9,15H,3-5,10-12H2,1-2H3. The van der Waals surface area contributed by atoms with Crippen molar-refractivity contribution >= 4 is 27.6 Å². The summed E-state index contributed by atoms with van der Waals surface area (Å²) in [6.45, 7) is 2.26. The summed E-state index contributed by atoms with van der Waals surface area (Å²) in [5, 5.41) is 10.8. The lowest BCUT2D eigenvalue weighted by atomic mass is 9.81. The van der Waals surface area contributed by atoms with Gasteiger partial charge in [0.2, 0.25) is 15.9 Å². The maximum Gasteiger partial charge on any atom is 0.315 e. The van der Waals surface area contributed by atoms with Crippen molar-refractivity contribution in [3.05, 3.63) is 34.4 Å². The van der Waals surface area contributed by atoms with Crippen molar-refractivity contribution in [3.8, 4) is 0 Å². The minimum atomic E-state index is -3.99. The Kier molecular flexibility index (Phi) is 5.63. The lowest BCUT2D eigenvalue weighted by molar-refractivity contribution is -0.384. The minimum absolute atomic E-state index is 0.0918. The first-order valence-electron chi connectivity index (χ1n) is 9.24. The molecule has 1 aromatic rings. The summed E-state index contributed by atoms with van der Waals surface area (Å²) >= 11 is 0. The third-order valence-corrected chi connectivity index (χ3v) is 7.38. The van der Waals surface area contributed by atoms with Crippen LogP contribution in [0, 0.1) is 15.5 Å². The van der Waals surface area contributed by atoms with E-state index in [0.29, 0.717) is 19.3 Å². The largest absolute Gasteiger partial charge is 0.468 e. The Bertz CT molecular complexity index is 923. The van der Waals surface area contributed by atoms with Crippen LogP contribution in [0.5, 0.6) is 0 Å². The molecule has 2 fully saturated rings. The van der Waals surface area contributed by atoms with Crippen LogP contribution in [0.3, 0.4) is 0 Å². The third kappa shape index (κ3) is 3.84. The maximum absolute atomic E-state index is 13.1. The van der Waals surface area contributed by atoms with E-state index >= 15 is 0 Å². The summed E-state index contributed by atoms with van der Waals surface area (Å²) in [5.74, 6) is -0.739. The van der Waals surface area contributed by atoms with Gasteiger partial charge in [-0.15, -0.1) is 0 Å². The first-order chi connectivity index (χ1) is 13.6. The van der Waals surface area contributed by atoms with Crippen LogP contribution in [0.1, 0.15) is 26.2 Å². The minimum Gasteiger partial charge on any atom is -0.468 e. The highest BCUT2D eigenvalue weighted by molar-refractivity contribution is 7.89. The third-order valence-electron chi connectivity index (χ3n) is 5.46. The van der Waals surface area contributed by atoms with E-state index < -0.39 is 32.4 Å². The molecule has 2 aliphatic rings.